The number of fused-ring (bicyclic) bond motifs is 1. The number of amides is 2. The Hall–Kier alpha value is -3.32. The van der Waals surface area contributed by atoms with Gasteiger partial charge in [0.15, 0.2) is 11.5 Å². The molecule has 0 radical (unpaired) electrons. The number of carbonyl (C=O) groups is 2. The molecule has 1 atom stereocenters. The summed E-state index contributed by atoms with van der Waals surface area (Å²) in [5.41, 5.74) is 2.85. The lowest BCUT2D eigenvalue weighted by molar-refractivity contribution is -0.139. The normalized spacial score (nSPS) is 18.2. The predicted molar refractivity (Wildman–Crippen MR) is 120 cm³/mol. The van der Waals surface area contributed by atoms with E-state index in [-0.39, 0.29) is 30.8 Å². The molecule has 2 aliphatic rings. The van der Waals surface area contributed by atoms with Crippen molar-refractivity contribution in [3.05, 3.63) is 65.4 Å². The molecule has 2 aromatic carbocycles. The van der Waals surface area contributed by atoms with E-state index < -0.39 is 0 Å². The third-order valence-electron chi connectivity index (χ3n) is 5.90. The summed E-state index contributed by atoms with van der Waals surface area (Å²) in [5, 5.41) is 0. The summed E-state index contributed by atoms with van der Waals surface area (Å²) in [7, 11) is 3.16. The van der Waals surface area contributed by atoms with Crippen LogP contribution in [0.1, 0.15) is 29.2 Å². The average molecular weight is 437 g/mol. The van der Waals surface area contributed by atoms with Crippen molar-refractivity contribution in [2.75, 3.05) is 40.5 Å². The van der Waals surface area contributed by atoms with E-state index in [4.69, 9.17) is 14.2 Å². The number of morpholine rings is 1. The van der Waals surface area contributed by atoms with Gasteiger partial charge in [-0.15, -0.1) is 0 Å². The maximum absolute atomic E-state index is 12.9. The first-order valence-corrected chi connectivity index (χ1v) is 10.8. The molecule has 0 spiro atoms. The van der Waals surface area contributed by atoms with Crippen LogP contribution in [-0.4, -0.2) is 62.1 Å². The lowest BCUT2D eigenvalue weighted by Gasteiger charge is -2.33. The zero-order valence-electron chi connectivity index (χ0n) is 18.5. The van der Waals surface area contributed by atoms with Crippen LogP contribution in [0.25, 0.3) is 6.08 Å². The summed E-state index contributed by atoms with van der Waals surface area (Å²) in [6, 6.07) is 13.6. The second-order valence-corrected chi connectivity index (χ2v) is 7.85. The van der Waals surface area contributed by atoms with Crippen molar-refractivity contribution >= 4 is 17.9 Å². The molecule has 1 fully saturated rings. The van der Waals surface area contributed by atoms with Gasteiger partial charge in [0.1, 0.15) is 6.10 Å². The zero-order chi connectivity index (χ0) is 22.5. The van der Waals surface area contributed by atoms with Gasteiger partial charge in [0.2, 0.25) is 11.8 Å². The fraction of sp³-hybridized carbons (Fsp3) is 0.360. The van der Waals surface area contributed by atoms with E-state index in [1.807, 2.05) is 53.4 Å². The number of hydrogen-bond acceptors (Lipinski definition) is 5. The zero-order valence-corrected chi connectivity index (χ0v) is 18.5. The number of carbonyl (C=O) groups excluding carboxylic acids is 2. The molecule has 0 aliphatic carbocycles. The van der Waals surface area contributed by atoms with Crippen LogP contribution in [0.5, 0.6) is 11.5 Å². The number of ether oxygens (including phenoxy) is 3. The molecule has 32 heavy (non-hydrogen) atoms. The first-order valence-electron chi connectivity index (χ1n) is 10.8. The summed E-state index contributed by atoms with van der Waals surface area (Å²) >= 11 is 0. The molecule has 2 heterocycles. The Morgan fingerprint density at radius 1 is 1.12 bits per heavy atom. The Bertz CT molecular complexity index is 1000. The Morgan fingerprint density at radius 3 is 2.62 bits per heavy atom. The summed E-state index contributed by atoms with van der Waals surface area (Å²) in [6.45, 7) is 1.94. The monoisotopic (exact) mass is 436 g/mol. The van der Waals surface area contributed by atoms with Gasteiger partial charge in [-0.25, -0.2) is 0 Å². The minimum Gasteiger partial charge on any atom is -0.493 e. The molecule has 0 N–H and O–H groups in total. The molecule has 0 aromatic heterocycles. The van der Waals surface area contributed by atoms with Crippen LogP contribution in [-0.2, 0) is 20.7 Å². The van der Waals surface area contributed by atoms with Crippen molar-refractivity contribution in [2.24, 2.45) is 0 Å². The molecular formula is C25H28N2O5. The highest BCUT2D eigenvalue weighted by Crippen LogP contribution is 2.32. The van der Waals surface area contributed by atoms with E-state index >= 15 is 0 Å². The lowest BCUT2D eigenvalue weighted by atomic mass is 10.0. The second-order valence-electron chi connectivity index (χ2n) is 7.85. The van der Waals surface area contributed by atoms with Gasteiger partial charge in [0.05, 0.1) is 33.8 Å². The average Bonchev–Trinajstić information content (AvgIpc) is 2.99. The highest BCUT2D eigenvalue weighted by molar-refractivity contribution is 5.85. The van der Waals surface area contributed by atoms with E-state index in [0.29, 0.717) is 37.7 Å². The van der Waals surface area contributed by atoms with Gasteiger partial charge in [0, 0.05) is 25.7 Å². The van der Waals surface area contributed by atoms with E-state index in [1.54, 1.807) is 25.3 Å². The molecule has 1 saturated heterocycles. The Morgan fingerprint density at radius 2 is 1.88 bits per heavy atom. The van der Waals surface area contributed by atoms with Crippen LogP contribution < -0.4 is 9.47 Å². The van der Waals surface area contributed by atoms with Crippen LogP contribution in [0.4, 0.5) is 0 Å². The fourth-order valence-electron chi connectivity index (χ4n) is 4.08. The molecule has 2 aromatic rings. The molecule has 7 heteroatoms. The molecule has 7 nitrogen and oxygen atoms in total. The van der Waals surface area contributed by atoms with Crippen molar-refractivity contribution in [3.63, 3.8) is 0 Å². The first kappa shape index (κ1) is 21.9. The van der Waals surface area contributed by atoms with Crippen LogP contribution >= 0.6 is 0 Å². The molecule has 0 bridgehead atoms. The van der Waals surface area contributed by atoms with E-state index in [1.165, 1.54) is 0 Å². The van der Waals surface area contributed by atoms with Gasteiger partial charge in [-0.3, -0.25) is 9.59 Å². The van der Waals surface area contributed by atoms with Crippen LogP contribution in [0.3, 0.4) is 0 Å². The minimum absolute atomic E-state index is 0.0283. The molecule has 1 unspecified atom stereocenters. The summed E-state index contributed by atoms with van der Waals surface area (Å²) in [4.78, 5) is 29.1. The van der Waals surface area contributed by atoms with Gasteiger partial charge in [-0.05, 0) is 34.9 Å². The van der Waals surface area contributed by atoms with Gasteiger partial charge in [-0.1, -0.05) is 30.3 Å². The molecule has 168 valence electrons. The van der Waals surface area contributed by atoms with Crippen molar-refractivity contribution in [3.8, 4) is 11.5 Å². The third kappa shape index (κ3) is 4.78. The molecule has 2 aliphatic heterocycles. The summed E-state index contributed by atoms with van der Waals surface area (Å²) < 4.78 is 16.6. The largest absolute Gasteiger partial charge is 0.493 e. The standard InChI is InChI=1S/C25H28N2O5/c1-30-21-14-19-8-10-26(25(29)16-20(19)15-22(21)31-2)11-9-24(28)27-12-13-32-23(17-27)18-6-4-3-5-7-18/h3-8,10,14-15,23H,9,11-13,16-17H2,1-2H3. The second kappa shape index (κ2) is 9.87. The lowest BCUT2D eigenvalue weighted by Crippen LogP contribution is -2.43. The van der Waals surface area contributed by atoms with Gasteiger partial charge in [0.25, 0.3) is 0 Å². The maximum Gasteiger partial charge on any atom is 0.230 e. The van der Waals surface area contributed by atoms with Gasteiger partial charge in [-0.2, -0.15) is 0 Å². The number of benzene rings is 2. The Balaban J connectivity index is 1.38. The van der Waals surface area contributed by atoms with Crippen molar-refractivity contribution < 1.29 is 23.8 Å². The van der Waals surface area contributed by atoms with E-state index in [2.05, 4.69) is 0 Å². The number of nitrogens with zero attached hydrogens (tertiary/aromatic N) is 2. The molecule has 4 rings (SSSR count). The molecule has 2 amide bonds. The fourth-order valence-corrected chi connectivity index (χ4v) is 4.08. The maximum atomic E-state index is 12.9. The van der Waals surface area contributed by atoms with Crippen LogP contribution in [0, 0.1) is 0 Å². The molecular weight excluding hydrogens is 408 g/mol. The molecule has 0 saturated carbocycles. The number of rotatable bonds is 6. The summed E-state index contributed by atoms with van der Waals surface area (Å²) in [5.74, 6) is 1.19. The van der Waals surface area contributed by atoms with E-state index in [9.17, 15) is 9.59 Å². The van der Waals surface area contributed by atoms with Gasteiger partial charge >= 0.3 is 0 Å². The highest BCUT2D eigenvalue weighted by atomic mass is 16.5. The smallest absolute Gasteiger partial charge is 0.230 e. The van der Waals surface area contributed by atoms with Crippen molar-refractivity contribution in [1.82, 2.24) is 9.80 Å². The van der Waals surface area contributed by atoms with Crippen LogP contribution in [0.15, 0.2) is 48.7 Å². The minimum atomic E-state index is -0.118. The van der Waals surface area contributed by atoms with Crippen molar-refractivity contribution in [1.29, 1.82) is 0 Å². The summed E-state index contributed by atoms with van der Waals surface area (Å²) in [6.07, 6.45) is 4.02. The highest BCUT2D eigenvalue weighted by Gasteiger charge is 2.26. The third-order valence-corrected chi connectivity index (χ3v) is 5.90. The van der Waals surface area contributed by atoms with Crippen molar-refractivity contribution in [2.45, 2.75) is 18.9 Å². The van der Waals surface area contributed by atoms with E-state index in [0.717, 1.165) is 16.7 Å². The van der Waals surface area contributed by atoms with Crippen LogP contribution in [0.2, 0.25) is 0 Å². The Kier molecular flexibility index (Phi) is 6.75. The quantitative estimate of drug-likeness (QED) is 0.696. The Labute approximate surface area is 188 Å². The predicted octanol–water partition coefficient (Wildman–Crippen LogP) is 3.05. The SMILES string of the molecule is COc1cc2c(cc1OC)CC(=O)N(CCC(=O)N1CCOC(c3ccccc3)C1)C=C2. The number of methoxy groups -OCH3 is 2. The van der Waals surface area contributed by atoms with Gasteiger partial charge < -0.3 is 24.0 Å². The first-order chi connectivity index (χ1) is 15.6. The topological polar surface area (TPSA) is 68.3 Å². The number of hydrogen-bond donors (Lipinski definition) is 0.